The molecule has 0 spiro atoms. The van der Waals surface area contributed by atoms with E-state index in [9.17, 15) is 14.4 Å². The summed E-state index contributed by atoms with van der Waals surface area (Å²) in [4.78, 5) is 35.6. The van der Waals surface area contributed by atoms with Crippen LogP contribution in [0.2, 0.25) is 0 Å². The zero-order valence-corrected chi connectivity index (χ0v) is 15.7. The molecule has 1 aliphatic carbocycles. The second-order valence-corrected chi connectivity index (χ2v) is 7.02. The van der Waals surface area contributed by atoms with Crippen LogP contribution in [0.1, 0.15) is 59.8 Å². The third-order valence-corrected chi connectivity index (χ3v) is 4.98. The van der Waals surface area contributed by atoms with Crippen molar-refractivity contribution in [2.24, 2.45) is 0 Å². The van der Waals surface area contributed by atoms with Crippen molar-refractivity contribution in [3.8, 4) is 0 Å². The molecule has 140 valence electrons. The molecule has 2 aromatic rings. The Morgan fingerprint density at radius 1 is 0.889 bits per heavy atom. The van der Waals surface area contributed by atoms with E-state index >= 15 is 0 Å². The van der Waals surface area contributed by atoms with Crippen molar-refractivity contribution in [1.82, 2.24) is 5.32 Å². The maximum absolute atomic E-state index is 12.2. The Labute approximate surface area is 159 Å². The fourth-order valence-electron chi connectivity index (χ4n) is 3.34. The van der Waals surface area contributed by atoms with E-state index in [-0.39, 0.29) is 11.8 Å². The first kappa shape index (κ1) is 18.8. The minimum Gasteiger partial charge on any atom is -0.341 e. The fourth-order valence-corrected chi connectivity index (χ4v) is 3.34. The zero-order chi connectivity index (χ0) is 19.4. The Bertz CT molecular complexity index is 872. The quantitative estimate of drug-likeness (QED) is 0.643. The van der Waals surface area contributed by atoms with Crippen LogP contribution in [0.3, 0.4) is 0 Å². The first-order valence-electron chi connectivity index (χ1n) is 9.28. The molecule has 1 unspecified atom stereocenters. The third-order valence-electron chi connectivity index (χ3n) is 4.98. The molecule has 0 bridgehead atoms. The maximum atomic E-state index is 12.2. The van der Waals surface area contributed by atoms with Crippen molar-refractivity contribution in [2.75, 3.05) is 5.32 Å². The predicted octanol–water partition coefficient (Wildman–Crippen LogP) is 3.58. The molecule has 0 fully saturated rings. The zero-order valence-electron chi connectivity index (χ0n) is 15.7. The molecule has 1 atom stereocenters. The molecule has 0 aliphatic heterocycles. The van der Waals surface area contributed by atoms with E-state index < -0.39 is 11.8 Å². The van der Waals surface area contributed by atoms with E-state index in [0.717, 1.165) is 18.4 Å². The summed E-state index contributed by atoms with van der Waals surface area (Å²) in [6.45, 7) is 3.35. The Hall–Kier alpha value is -2.95. The summed E-state index contributed by atoms with van der Waals surface area (Å²) < 4.78 is 0. The van der Waals surface area contributed by atoms with Gasteiger partial charge in [-0.05, 0) is 80.5 Å². The van der Waals surface area contributed by atoms with Crippen molar-refractivity contribution in [2.45, 2.75) is 45.6 Å². The number of aryl methyl sites for hydroxylation is 2. The van der Waals surface area contributed by atoms with E-state index in [1.165, 1.54) is 30.9 Å². The minimum atomic E-state index is -0.726. The molecule has 27 heavy (non-hydrogen) atoms. The number of Topliss-reactive ketones (excluding diaryl/α,β-unsaturated/α-hetero) is 1. The molecule has 1 aliphatic rings. The van der Waals surface area contributed by atoms with Crippen LogP contribution >= 0.6 is 0 Å². The first-order valence-corrected chi connectivity index (χ1v) is 9.28. The molecule has 0 radical (unpaired) electrons. The molecular weight excluding hydrogens is 340 g/mol. The molecule has 5 heteroatoms. The first-order chi connectivity index (χ1) is 12.9. The molecule has 2 aromatic carbocycles. The van der Waals surface area contributed by atoms with E-state index in [1.54, 1.807) is 24.3 Å². The average Bonchev–Trinajstić information content (AvgIpc) is 2.67. The SMILES string of the molecule is CC(=O)c1ccc(NC(=O)C(=O)NC(C)c2ccc3c(c2)CCCC3)cc1. The standard InChI is InChI=1S/C22H24N2O3/c1-14(18-8-7-17-5-3-4-6-19(17)13-18)23-21(26)22(27)24-20-11-9-16(10-12-20)15(2)25/h7-14H,3-6H2,1-2H3,(H,23,26)(H,24,27). The van der Waals surface area contributed by atoms with Gasteiger partial charge in [0.25, 0.3) is 0 Å². The van der Waals surface area contributed by atoms with Crippen LogP contribution in [0.5, 0.6) is 0 Å². The lowest BCUT2D eigenvalue weighted by Gasteiger charge is -2.20. The number of carbonyl (C=O) groups excluding carboxylic acids is 3. The van der Waals surface area contributed by atoms with Crippen LogP contribution in [0.4, 0.5) is 5.69 Å². The summed E-state index contributed by atoms with van der Waals surface area (Å²) in [5, 5.41) is 5.30. The van der Waals surface area contributed by atoms with Crippen LogP contribution in [0.25, 0.3) is 0 Å². The van der Waals surface area contributed by atoms with Crippen molar-refractivity contribution >= 4 is 23.3 Å². The van der Waals surface area contributed by atoms with Crippen LogP contribution in [-0.4, -0.2) is 17.6 Å². The van der Waals surface area contributed by atoms with Crippen LogP contribution in [-0.2, 0) is 22.4 Å². The number of hydrogen-bond acceptors (Lipinski definition) is 3. The van der Waals surface area contributed by atoms with Gasteiger partial charge in [0.2, 0.25) is 0 Å². The number of amides is 2. The summed E-state index contributed by atoms with van der Waals surface area (Å²) in [5.74, 6) is -1.46. The van der Waals surface area contributed by atoms with Crippen LogP contribution in [0, 0.1) is 0 Å². The predicted molar refractivity (Wildman–Crippen MR) is 105 cm³/mol. The largest absolute Gasteiger partial charge is 0.341 e. The number of nitrogens with one attached hydrogen (secondary N) is 2. The molecule has 5 nitrogen and oxygen atoms in total. The number of fused-ring (bicyclic) bond motifs is 1. The average molecular weight is 364 g/mol. The van der Waals surface area contributed by atoms with Gasteiger partial charge < -0.3 is 10.6 Å². The topological polar surface area (TPSA) is 75.3 Å². The summed E-state index contributed by atoms with van der Waals surface area (Å²) in [5.41, 5.74) is 4.76. The van der Waals surface area contributed by atoms with E-state index in [1.807, 2.05) is 13.0 Å². The Morgan fingerprint density at radius 2 is 1.56 bits per heavy atom. The highest BCUT2D eigenvalue weighted by Crippen LogP contribution is 2.24. The summed E-state index contributed by atoms with van der Waals surface area (Å²) in [6.07, 6.45) is 4.61. The smallest absolute Gasteiger partial charge is 0.313 e. The number of carbonyl (C=O) groups is 3. The monoisotopic (exact) mass is 364 g/mol. The van der Waals surface area contributed by atoms with Crippen molar-refractivity contribution in [3.63, 3.8) is 0 Å². The second kappa shape index (κ2) is 8.16. The Morgan fingerprint density at radius 3 is 2.22 bits per heavy atom. The van der Waals surface area contributed by atoms with Gasteiger partial charge in [-0.15, -0.1) is 0 Å². The molecule has 0 heterocycles. The van der Waals surface area contributed by atoms with Gasteiger partial charge in [0.05, 0.1) is 6.04 Å². The van der Waals surface area contributed by atoms with Gasteiger partial charge in [-0.1, -0.05) is 18.2 Å². The lowest BCUT2D eigenvalue weighted by molar-refractivity contribution is -0.136. The van der Waals surface area contributed by atoms with E-state index in [4.69, 9.17) is 0 Å². The number of benzene rings is 2. The number of ketones is 1. The molecule has 2 N–H and O–H groups in total. The Balaban J connectivity index is 1.60. The fraction of sp³-hybridized carbons (Fsp3) is 0.318. The summed E-state index contributed by atoms with van der Waals surface area (Å²) in [7, 11) is 0. The van der Waals surface area contributed by atoms with Gasteiger partial charge in [0.15, 0.2) is 5.78 Å². The minimum absolute atomic E-state index is 0.0514. The van der Waals surface area contributed by atoms with Gasteiger partial charge in [0, 0.05) is 11.3 Å². The molecule has 2 amide bonds. The van der Waals surface area contributed by atoms with Gasteiger partial charge in [-0.2, -0.15) is 0 Å². The van der Waals surface area contributed by atoms with Crippen molar-refractivity contribution in [3.05, 3.63) is 64.7 Å². The highest BCUT2D eigenvalue weighted by Gasteiger charge is 2.18. The van der Waals surface area contributed by atoms with Crippen LogP contribution in [0.15, 0.2) is 42.5 Å². The van der Waals surface area contributed by atoms with Gasteiger partial charge in [0.1, 0.15) is 0 Å². The normalized spacial score (nSPS) is 14.0. The number of hydrogen-bond donors (Lipinski definition) is 2. The lowest BCUT2D eigenvalue weighted by atomic mass is 9.89. The van der Waals surface area contributed by atoms with Crippen molar-refractivity contribution in [1.29, 1.82) is 0 Å². The summed E-state index contributed by atoms with van der Waals surface area (Å²) >= 11 is 0. The number of rotatable bonds is 4. The maximum Gasteiger partial charge on any atom is 0.313 e. The lowest BCUT2D eigenvalue weighted by Crippen LogP contribution is -2.37. The van der Waals surface area contributed by atoms with Gasteiger partial charge >= 0.3 is 11.8 Å². The van der Waals surface area contributed by atoms with E-state index in [0.29, 0.717) is 11.3 Å². The summed E-state index contributed by atoms with van der Waals surface area (Å²) in [6, 6.07) is 12.5. The molecule has 0 saturated heterocycles. The van der Waals surface area contributed by atoms with Gasteiger partial charge in [-0.3, -0.25) is 14.4 Å². The molecule has 0 aromatic heterocycles. The van der Waals surface area contributed by atoms with Gasteiger partial charge in [-0.25, -0.2) is 0 Å². The van der Waals surface area contributed by atoms with Crippen molar-refractivity contribution < 1.29 is 14.4 Å². The highest BCUT2D eigenvalue weighted by atomic mass is 16.2. The van der Waals surface area contributed by atoms with Crippen LogP contribution < -0.4 is 10.6 Å². The third kappa shape index (κ3) is 4.61. The Kier molecular flexibility index (Phi) is 5.69. The second-order valence-electron chi connectivity index (χ2n) is 7.02. The molecular formula is C22H24N2O3. The molecule has 0 saturated carbocycles. The molecule has 3 rings (SSSR count). The highest BCUT2D eigenvalue weighted by molar-refractivity contribution is 6.39. The van der Waals surface area contributed by atoms with E-state index in [2.05, 4.69) is 22.8 Å². The number of anilines is 1.